The van der Waals surface area contributed by atoms with Gasteiger partial charge in [0.05, 0.1) is 32.0 Å². The van der Waals surface area contributed by atoms with Gasteiger partial charge in [-0.25, -0.2) is 0 Å². The molecule has 6 nitrogen and oxygen atoms in total. The first-order chi connectivity index (χ1) is 9.16. The van der Waals surface area contributed by atoms with Crippen molar-refractivity contribution in [1.29, 1.82) is 0 Å². The standard InChI is InChI=1S/C13H24N2O4.ClH/c1-9(7-19-11-3-5-17-8-11)15-13(16)12-10(2)18-6-4-14-12;/h9-12,14H,3-8H2,1-2H3,(H,15,16);1H/t9?,10-,11?,12+;/m1./s1. The van der Waals surface area contributed by atoms with Gasteiger partial charge in [0, 0.05) is 19.2 Å². The largest absolute Gasteiger partial charge is 0.379 e. The van der Waals surface area contributed by atoms with Crippen molar-refractivity contribution in [3.8, 4) is 0 Å². The molecule has 4 atom stereocenters. The third-order valence-electron chi connectivity index (χ3n) is 3.46. The average molecular weight is 309 g/mol. The fraction of sp³-hybridized carbons (Fsp3) is 0.923. The summed E-state index contributed by atoms with van der Waals surface area (Å²) in [6, 6.07) is -0.282. The van der Waals surface area contributed by atoms with E-state index in [2.05, 4.69) is 10.6 Å². The lowest BCUT2D eigenvalue weighted by Gasteiger charge is -2.30. The van der Waals surface area contributed by atoms with Crippen molar-refractivity contribution in [2.45, 2.75) is 44.6 Å². The molecule has 0 bridgehead atoms. The lowest BCUT2D eigenvalue weighted by molar-refractivity contribution is -0.130. The van der Waals surface area contributed by atoms with Crippen molar-refractivity contribution in [3.63, 3.8) is 0 Å². The molecular formula is C13H25ClN2O4. The van der Waals surface area contributed by atoms with E-state index in [1.165, 1.54) is 0 Å². The molecule has 2 heterocycles. The van der Waals surface area contributed by atoms with Gasteiger partial charge in [0.2, 0.25) is 5.91 Å². The normalized spacial score (nSPS) is 31.4. The fourth-order valence-electron chi connectivity index (χ4n) is 2.33. The zero-order chi connectivity index (χ0) is 13.7. The van der Waals surface area contributed by atoms with Crippen molar-refractivity contribution >= 4 is 18.3 Å². The minimum absolute atomic E-state index is 0. The molecule has 2 saturated heterocycles. The Labute approximate surface area is 126 Å². The molecule has 20 heavy (non-hydrogen) atoms. The van der Waals surface area contributed by atoms with Crippen molar-refractivity contribution in [3.05, 3.63) is 0 Å². The van der Waals surface area contributed by atoms with Crippen LogP contribution in [0.3, 0.4) is 0 Å². The summed E-state index contributed by atoms with van der Waals surface area (Å²) in [5, 5.41) is 6.13. The smallest absolute Gasteiger partial charge is 0.240 e. The Hall–Kier alpha value is -0.400. The molecule has 0 aromatic carbocycles. The SMILES string of the molecule is CC(COC1CCOC1)NC(=O)[C@H]1NCCO[C@@H]1C.Cl. The number of rotatable bonds is 5. The topological polar surface area (TPSA) is 68.8 Å². The molecule has 2 fully saturated rings. The minimum atomic E-state index is -0.272. The summed E-state index contributed by atoms with van der Waals surface area (Å²) in [6.07, 6.45) is 1.02. The van der Waals surface area contributed by atoms with E-state index in [1.54, 1.807) is 0 Å². The third-order valence-corrected chi connectivity index (χ3v) is 3.46. The summed E-state index contributed by atoms with van der Waals surface area (Å²) in [5.41, 5.74) is 0. The second-order valence-corrected chi connectivity index (χ2v) is 5.24. The number of amides is 1. The first-order valence-electron chi connectivity index (χ1n) is 7.01. The summed E-state index contributed by atoms with van der Waals surface area (Å²) in [6.45, 7) is 7.18. The maximum Gasteiger partial charge on any atom is 0.240 e. The second kappa shape index (κ2) is 8.79. The van der Waals surface area contributed by atoms with Gasteiger partial charge < -0.3 is 24.8 Å². The Kier molecular flexibility index (Phi) is 7.76. The molecule has 0 spiro atoms. The molecular weight excluding hydrogens is 284 g/mol. The van der Waals surface area contributed by atoms with Gasteiger partial charge in [0.25, 0.3) is 0 Å². The van der Waals surface area contributed by atoms with Crippen LogP contribution in [0.25, 0.3) is 0 Å². The molecule has 2 rings (SSSR count). The van der Waals surface area contributed by atoms with Crippen molar-refractivity contribution < 1.29 is 19.0 Å². The predicted octanol–water partition coefficient (Wildman–Crippen LogP) is 0.0953. The summed E-state index contributed by atoms with van der Waals surface area (Å²) in [4.78, 5) is 12.1. The number of hydrogen-bond donors (Lipinski definition) is 2. The molecule has 0 saturated carbocycles. The lowest BCUT2D eigenvalue weighted by Crippen LogP contribution is -2.57. The zero-order valence-corrected chi connectivity index (χ0v) is 12.9. The predicted molar refractivity (Wildman–Crippen MR) is 77.2 cm³/mol. The number of ether oxygens (including phenoxy) is 3. The van der Waals surface area contributed by atoms with Crippen LogP contribution in [0.2, 0.25) is 0 Å². The Morgan fingerprint density at radius 1 is 1.50 bits per heavy atom. The van der Waals surface area contributed by atoms with E-state index in [-0.39, 0.29) is 42.6 Å². The van der Waals surface area contributed by atoms with E-state index in [1.807, 2.05) is 13.8 Å². The van der Waals surface area contributed by atoms with Gasteiger partial charge in [-0.05, 0) is 20.3 Å². The Morgan fingerprint density at radius 3 is 2.95 bits per heavy atom. The first kappa shape index (κ1) is 17.7. The molecule has 2 aliphatic rings. The number of carbonyl (C=O) groups excluding carboxylic acids is 1. The highest BCUT2D eigenvalue weighted by Gasteiger charge is 2.29. The highest BCUT2D eigenvalue weighted by molar-refractivity contribution is 5.85. The van der Waals surface area contributed by atoms with Gasteiger partial charge in [-0.2, -0.15) is 0 Å². The molecule has 0 aromatic rings. The third kappa shape index (κ3) is 5.18. The summed E-state index contributed by atoms with van der Waals surface area (Å²) < 4.78 is 16.4. The molecule has 118 valence electrons. The molecule has 2 unspecified atom stereocenters. The van der Waals surface area contributed by atoms with Gasteiger partial charge in [-0.1, -0.05) is 0 Å². The van der Waals surface area contributed by atoms with Crippen molar-refractivity contribution in [2.75, 3.05) is 33.0 Å². The number of nitrogens with one attached hydrogen (secondary N) is 2. The first-order valence-corrected chi connectivity index (χ1v) is 7.01. The monoisotopic (exact) mass is 308 g/mol. The van der Waals surface area contributed by atoms with Crippen LogP contribution >= 0.6 is 12.4 Å². The van der Waals surface area contributed by atoms with Crippen molar-refractivity contribution in [2.24, 2.45) is 0 Å². The molecule has 0 radical (unpaired) electrons. The van der Waals surface area contributed by atoms with E-state index in [4.69, 9.17) is 14.2 Å². The highest BCUT2D eigenvalue weighted by Crippen LogP contribution is 2.09. The van der Waals surface area contributed by atoms with E-state index in [9.17, 15) is 4.79 Å². The fourth-order valence-corrected chi connectivity index (χ4v) is 2.33. The van der Waals surface area contributed by atoms with Crippen LogP contribution in [-0.4, -0.2) is 63.2 Å². The van der Waals surface area contributed by atoms with Gasteiger partial charge in [0.15, 0.2) is 0 Å². The minimum Gasteiger partial charge on any atom is -0.379 e. The van der Waals surface area contributed by atoms with Crippen LogP contribution in [0.4, 0.5) is 0 Å². The van der Waals surface area contributed by atoms with Crippen LogP contribution in [0, 0.1) is 0 Å². The van der Waals surface area contributed by atoms with Crippen LogP contribution in [-0.2, 0) is 19.0 Å². The summed E-state index contributed by atoms with van der Waals surface area (Å²) in [5.74, 6) is -0.0222. The Bertz CT molecular complexity index is 300. The highest BCUT2D eigenvalue weighted by atomic mass is 35.5. The van der Waals surface area contributed by atoms with E-state index < -0.39 is 0 Å². The molecule has 2 aliphatic heterocycles. The number of halogens is 1. The van der Waals surface area contributed by atoms with Gasteiger partial charge >= 0.3 is 0 Å². The average Bonchev–Trinajstić information content (AvgIpc) is 2.90. The number of carbonyl (C=O) groups is 1. The van der Waals surface area contributed by atoms with Gasteiger partial charge in [-0.3, -0.25) is 4.79 Å². The zero-order valence-electron chi connectivity index (χ0n) is 12.1. The molecule has 0 aliphatic carbocycles. The number of hydrogen-bond acceptors (Lipinski definition) is 5. The second-order valence-electron chi connectivity index (χ2n) is 5.24. The van der Waals surface area contributed by atoms with Crippen LogP contribution in [0.5, 0.6) is 0 Å². The lowest BCUT2D eigenvalue weighted by atomic mass is 10.1. The number of morpholine rings is 1. The van der Waals surface area contributed by atoms with Crippen molar-refractivity contribution in [1.82, 2.24) is 10.6 Å². The maximum absolute atomic E-state index is 12.1. The van der Waals surface area contributed by atoms with Crippen LogP contribution in [0.15, 0.2) is 0 Å². The quantitative estimate of drug-likeness (QED) is 0.754. The van der Waals surface area contributed by atoms with Crippen LogP contribution in [0.1, 0.15) is 20.3 Å². The molecule has 2 N–H and O–H groups in total. The Morgan fingerprint density at radius 2 is 2.30 bits per heavy atom. The Balaban J connectivity index is 0.00000200. The molecule has 7 heteroatoms. The molecule has 0 aromatic heterocycles. The van der Waals surface area contributed by atoms with Gasteiger partial charge in [0.1, 0.15) is 6.04 Å². The van der Waals surface area contributed by atoms with Gasteiger partial charge in [-0.15, -0.1) is 12.4 Å². The summed E-state index contributed by atoms with van der Waals surface area (Å²) >= 11 is 0. The van der Waals surface area contributed by atoms with E-state index >= 15 is 0 Å². The molecule has 1 amide bonds. The van der Waals surface area contributed by atoms with E-state index in [0.29, 0.717) is 26.4 Å². The summed E-state index contributed by atoms with van der Waals surface area (Å²) in [7, 11) is 0. The maximum atomic E-state index is 12.1. The van der Waals surface area contributed by atoms with E-state index in [0.717, 1.165) is 13.0 Å². The van der Waals surface area contributed by atoms with Crippen LogP contribution < -0.4 is 10.6 Å².